The molecule has 1 atom stereocenters. The van der Waals surface area contributed by atoms with E-state index in [2.05, 4.69) is 10.5 Å². The molecule has 27 heavy (non-hydrogen) atoms. The highest BCUT2D eigenvalue weighted by atomic mass is 16.6. The second-order valence-corrected chi connectivity index (χ2v) is 6.25. The molecule has 0 radical (unpaired) electrons. The zero-order chi connectivity index (χ0) is 18.6. The van der Waals surface area contributed by atoms with Crippen molar-refractivity contribution >= 4 is 11.6 Å². The van der Waals surface area contributed by atoms with Gasteiger partial charge in [-0.05, 0) is 37.3 Å². The van der Waals surface area contributed by atoms with Crippen LogP contribution in [0, 0.1) is 0 Å². The number of amides is 1. The Morgan fingerprint density at radius 1 is 1.00 bits per heavy atom. The van der Waals surface area contributed by atoms with E-state index in [-0.39, 0.29) is 12.5 Å². The summed E-state index contributed by atoms with van der Waals surface area (Å²) in [6.07, 6.45) is 0.0972. The van der Waals surface area contributed by atoms with E-state index in [0.717, 1.165) is 17.7 Å². The van der Waals surface area contributed by atoms with Crippen LogP contribution in [0.3, 0.4) is 0 Å². The molecule has 7 heteroatoms. The first-order valence-corrected chi connectivity index (χ1v) is 8.83. The van der Waals surface area contributed by atoms with Crippen LogP contribution in [0.1, 0.15) is 18.9 Å². The molecule has 1 amide bonds. The fourth-order valence-electron chi connectivity index (χ4n) is 2.81. The second kappa shape index (κ2) is 7.57. The number of rotatable bonds is 3. The lowest BCUT2D eigenvalue weighted by atomic mass is 10.1. The highest BCUT2D eigenvalue weighted by molar-refractivity contribution is 6.00. The van der Waals surface area contributed by atoms with Crippen molar-refractivity contribution in [2.45, 2.75) is 19.4 Å². The first-order chi connectivity index (χ1) is 13.2. The molecule has 2 aromatic rings. The highest BCUT2D eigenvalue weighted by Gasteiger charge is 2.27. The van der Waals surface area contributed by atoms with Crippen LogP contribution < -0.4 is 24.4 Å². The summed E-state index contributed by atoms with van der Waals surface area (Å²) in [7, 11) is 0. The molecule has 0 aliphatic carbocycles. The summed E-state index contributed by atoms with van der Waals surface area (Å²) < 4.78 is 22.5. The first-order valence-electron chi connectivity index (χ1n) is 8.83. The lowest BCUT2D eigenvalue weighted by Gasteiger charge is -2.24. The maximum atomic E-state index is 12.4. The van der Waals surface area contributed by atoms with Crippen molar-refractivity contribution in [2.24, 2.45) is 5.10 Å². The zero-order valence-corrected chi connectivity index (χ0v) is 14.9. The van der Waals surface area contributed by atoms with Crippen LogP contribution >= 0.6 is 0 Å². The summed E-state index contributed by atoms with van der Waals surface area (Å²) >= 11 is 0. The molecule has 0 fully saturated rings. The number of ether oxygens (including phenoxy) is 4. The van der Waals surface area contributed by atoms with Gasteiger partial charge in [-0.25, -0.2) is 5.43 Å². The summed E-state index contributed by atoms with van der Waals surface area (Å²) in [6.45, 7) is 3.21. The molecule has 1 N–H and O–H groups in total. The fourth-order valence-corrected chi connectivity index (χ4v) is 2.81. The molecule has 0 unspecified atom stereocenters. The Labute approximate surface area is 156 Å². The summed E-state index contributed by atoms with van der Waals surface area (Å²) in [6, 6.07) is 12.8. The lowest BCUT2D eigenvalue weighted by Crippen LogP contribution is -2.42. The molecule has 140 valence electrons. The Kier molecular flexibility index (Phi) is 4.82. The van der Waals surface area contributed by atoms with Crippen LogP contribution in [0.4, 0.5) is 0 Å². The summed E-state index contributed by atoms with van der Waals surface area (Å²) in [4.78, 5) is 12.4. The van der Waals surface area contributed by atoms with Gasteiger partial charge in [0.1, 0.15) is 6.61 Å². The molecule has 0 bridgehead atoms. The average molecular weight is 368 g/mol. The summed E-state index contributed by atoms with van der Waals surface area (Å²) in [5, 5.41) is 4.18. The van der Waals surface area contributed by atoms with E-state index in [4.69, 9.17) is 18.9 Å². The predicted molar refractivity (Wildman–Crippen MR) is 98.8 cm³/mol. The number of benzene rings is 2. The molecule has 0 saturated heterocycles. The van der Waals surface area contributed by atoms with Crippen molar-refractivity contribution in [1.82, 2.24) is 5.43 Å². The summed E-state index contributed by atoms with van der Waals surface area (Å²) in [5.74, 6) is 2.23. The third-order valence-electron chi connectivity index (χ3n) is 4.30. The molecule has 7 nitrogen and oxygen atoms in total. The van der Waals surface area contributed by atoms with Gasteiger partial charge in [-0.3, -0.25) is 4.79 Å². The van der Waals surface area contributed by atoms with E-state index >= 15 is 0 Å². The maximum Gasteiger partial charge on any atom is 0.284 e. The number of hydrogen-bond donors (Lipinski definition) is 1. The van der Waals surface area contributed by atoms with Gasteiger partial charge in [0.15, 0.2) is 23.0 Å². The Hall–Kier alpha value is -3.22. The Balaban J connectivity index is 1.42. The van der Waals surface area contributed by atoms with Crippen molar-refractivity contribution in [1.29, 1.82) is 0 Å². The van der Waals surface area contributed by atoms with Gasteiger partial charge in [0, 0.05) is 12.0 Å². The monoisotopic (exact) mass is 368 g/mol. The third-order valence-corrected chi connectivity index (χ3v) is 4.30. The van der Waals surface area contributed by atoms with E-state index in [9.17, 15) is 4.79 Å². The van der Waals surface area contributed by atoms with E-state index in [0.29, 0.717) is 36.2 Å². The van der Waals surface area contributed by atoms with Gasteiger partial charge in [-0.2, -0.15) is 5.10 Å². The van der Waals surface area contributed by atoms with Crippen LogP contribution in [0.15, 0.2) is 47.6 Å². The zero-order valence-electron chi connectivity index (χ0n) is 14.9. The third kappa shape index (κ3) is 3.81. The summed E-state index contributed by atoms with van der Waals surface area (Å²) in [5.41, 5.74) is 4.03. The van der Waals surface area contributed by atoms with Gasteiger partial charge in [-0.15, -0.1) is 0 Å². The molecule has 4 rings (SSSR count). The number of carbonyl (C=O) groups is 1. The van der Waals surface area contributed by atoms with E-state index in [1.807, 2.05) is 37.3 Å². The van der Waals surface area contributed by atoms with Crippen LogP contribution in [0.2, 0.25) is 0 Å². The molecular weight excluding hydrogens is 348 g/mol. The van der Waals surface area contributed by atoms with Gasteiger partial charge in [-0.1, -0.05) is 12.1 Å². The lowest BCUT2D eigenvalue weighted by molar-refractivity contribution is -0.130. The van der Waals surface area contributed by atoms with Crippen LogP contribution in [0.5, 0.6) is 23.0 Å². The largest absolute Gasteiger partial charge is 0.490 e. The van der Waals surface area contributed by atoms with Gasteiger partial charge in [0.2, 0.25) is 6.10 Å². The number of carbonyl (C=O) groups excluding carboxylic acids is 1. The first kappa shape index (κ1) is 17.2. The van der Waals surface area contributed by atoms with Gasteiger partial charge in [0.25, 0.3) is 5.91 Å². The van der Waals surface area contributed by atoms with Crippen LogP contribution in [0.25, 0.3) is 0 Å². The second-order valence-electron chi connectivity index (χ2n) is 6.25. The Morgan fingerprint density at radius 2 is 1.74 bits per heavy atom. The molecule has 0 spiro atoms. The van der Waals surface area contributed by atoms with Gasteiger partial charge in [0.05, 0.1) is 18.9 Å². The molecule has 0 saturated carbocycles. The quantitative estimate of drug-likeness (QED) is 0.665. The number of nitrogens with one attached hydrogen (secondary N) is 1. The minimum atomic E-state index is -0.750. The van der Waals surface area contributed by atoms with E-state index in [1.54, 1.807) is 12.1 Å². The number of para-hydroxylation sites is 2. The van der Waals surface area contributed by atoms with Crippen molar-refractivity contribution in [3.05, 3.63) is 48.0 Å². The molecular formula is C20H20N2O5. The number of hydrogen-bond acceptors (Lipinski definition) is 6. The normalized spacial score (nSPS) is 18.4. The van der Waals surface area contributed by atoms with Crippen molar-refractivity contribution in [2.75, 3.05) is 19.8 Å². The van der Waals surface area contributed by atoms with Crippen LogP contribution in [-0.2, 0) is 4.79 Å². The molecule has 2 heterocycles. The van der Waals surface area contributed by atoms with Gasteiger partial charge >= 0.3 is 0 Å². The topological polar surface area (TPSA) is 78.4 Å². The van der Waals surface area contributed by atoms with Crippen molar-refractivity contribution < 1.29 is 23.7 Å². The molecule has 2 aliphatic heterocycles. The number of nitrogens with zero attached hydrogens (tertiary/aromatic N) is 1. The molecule has 2 aliphatic rings. The predicted octanol–water partition coefficient (Wildman–Crippen LogP) is 2.53. The molecule has 2 aromatic carbocycles. The minimum Gasteiger partial charge on any atom is -0.490 e. The fraction of sp³-hybridized carbons (Fsp3) is 0.300. The van der Waals surface area contributed by atoms with E-state index < -0.39 is 6.10 Å². The standard InChI is InChI=1S/C20H20N2O5/c1-13(14-7-8-16-18(11-14)25-10-4-9-24-16)21-22-20(23)19-12-26-15-5-2-3-6-17(15)27-19/h2-3,5-8,11,19H,4,9-10,12H2,1H3,(H,22,23)/b21-13-/t19-/m0/s1. The number of fused-ring (bicyclic) bond motifs is 2. The molecule has 0 aromatic heterocycles. The maximum absolute atomic E-state index is 12.4. The van der Waals surface area contributed by atoms with Crippen molar-refractivity contribution in [3.63, 3.8) is 0 Å². The Morgan fingerprint density at radius 3 is 2.59 bits per heavy atom. The van der Waals surface area contributed by atoms with Crippen molar-refractivity contribution in [3.8, 4) is 23.0 Å². The van der Waals surface area contributed by atoms with Gasteiger partial charge < -0.3 is 18.9 Å². The SMILES string of the molecule is C/C(=N/NC(=O)[C@@H]1COc2ccccc2O1)c1ccc2c(c1)OCCCO2. The smallest absolute Gasteiger partial charge is 0.284 e. The minimum absolute atomic E-state index is 0.140. The highest BCUT2D eigenvalue weighted by Crippen LogP contribution is 2.31. The van der Waals surface area contributed by atoms with Crippen LogP contribution in [-0.4, -0.2) is 37.5 Å². The number of hydrazone groups is 1. The Bertz CT molecular complexity index is 880. The average Bonchev–Trinajstić information content (AvgIpc) is 2.96. The van der Waals surface area contributed by atoms with E-state index in [1.165, 1.54) is 0 Å².